The lowest BCUT2D eigenvalue weighted by Gasteiger charge is -2.31. The zero-order valence-corrected chi connectivity index (χ0v) is 13.8. The van der Waals surface area contributed by atoms with E-state index in [2.05, 4.69) is 0 Å². The number of rotatable bonds is 5. The number of hydrogen-bond acceptors (Lipinski definition) is 5. The molecule has 0 aliphatic carbocycles. The van der Waals surface area contributed by atoms with Gasteiger partial charge in [-0.05, 0) is 12.8 Å². The Hall–Kier alpha value is -1.96. The summed E-state index contributed by atoms with van der Waals surface area (Å²) in [6.07, 6.45) is 0.819. The molecule has 0 spiro atoms. The fraction of sp³-hybridized carbons (Fsp3) is 0.533. The minimum absolute atomic E-state index is 0.0393. The fourth-order valence-corrected chi connectivity index (χ4v) is 4.21. The quantitative estimate of drug-likeness (QED) is 0.598. The first-order chi connectivity index (χ1) is 10.8. The molecule has 1 heterocycles. The number of para-hydroxylation sites is 1. The van der Waals surface area contributed by atoms with Crippen LogP contribution in [-0.2, 0) is 21.1 Å². The molecule has 0 atom stereocenters. The van der Waals surface area contributed by atoms with Gasteiger partial charge in [-0.3, -0.25) is 14.9 Å². The van der Waals surface area contributed by atoms with Gasteiger partial charge in [0.25, 0.3) is 5.69 Å². The van der Waals surface area contributed by atoms with Gasteiger partial charge in [-0.2, -0.15) is 0 Å². The zero-order chi connectivity index (χ0) is 17.0. The Balaban J connectivity index is 2.00. The summed E-state index contributed by atoms with van der Waals surface area (Å²) in [5.74, 6) is -0.0893. The molecule has 126 valence electrons. The van der Waals surface area contributed by atoms with Crippen LogP contribution in [0.5, 0.6) is 0 Å². The number of carbonyl (C=O) groups excluding carboxylic acids is 1. The van der Waals surface area contributed by atoms with Gasteiger partial charge < -0.3 is 4.90 Å². The molecule has 0 N–H and O–H groups in total. The first-order valence-corrected chi connectivity index (χ1v) is 9.28. The molecule has 1 aliphatic heterocycles. The molecular formula is C15H20N2O5S. The van der Waals surface area contributed by atoms with Crippen LogP contribution in [0.15, 0.2) is 24.3 Å². The van der Waals surface area contributed by atoms with Crippen molar-refractivity contribution in [2.45, 2.75) is 31.4 Å². The van der Waals surface area contributed by atoms with Gasteiger partial charge in [-0.1, -0.05) is 25.1 Å². The molecular weight excluding hydrogens is 320 g/mol. The molecule has 1 saturated heterocycles. The Morgan fingerprint density at radius 1 is 1.30 bits per heavy atom. The van der Waals surface area contributed by atoms with Gasteiger partial charge in [-0.15, -0.1) is 0 Å². The molecule has 1 aliphatic rings. The second kappa shape index (κ2) is 7.08. The highest BCUT2D eigenvalue weighted by Gasteiger charge is 2.30. The number of nitrogens with zero attached hydrogens (tertiary/aromatic N) is 2. The minimum atomic E-state index is -3.07. The molecule has 1 amide bonds. The number of nitro benzene ring substituents is 1. The topological polar surface area (TPSA) is 97.6 Å². The molecule has 2 rings (SSSR count). The second-order valence-electron chi connectivity index (χ2n) is 5.59. The van der Waals surface area contributed by atoms with Crippen LogP contribution in [0.2, 0.25) is 0 Å². The van der Waals surface area contributed by atoms with Gasteiger partial charge in [0.05, 0.1) is 16.6 Å². The number of likely N-dealkylation sites (tertiary alicyclic amines) is 1. The lowest BCUT2D eigenvalue weighted by molar-refractivity contribution is -0.385. The SMILES string of the molecule is CCS(=O)(=O)C1CCN(C(=O)Cc2ccccc2[N+](=O)[O-])CC1. The van der Waals surface area contributed by atoms with E-state index in [1.807, 2.05) is 0 Å². The van der Waals surface area contributed by atoms with E-state index >= 15 is 0 Å². The smallest absolute Gasteiger partial charge is 0.273 e. The van der Waals surface area contributed by atoms with Crippen LogP contribution in [0.1, 0.15) is 25.3 Å². The van der Waals surface area contributed by atoms with E-state index < -0.39 is 14.8 Å². The first-order valence-electron chi connectivity index (χ1n) is 7.56. The van der Waals surface area contributed by atoms with E-state index in [0.29, 0.717) is 31.5 Å². The number of amides is 1. The van der Waals surface area contributed by atoms with Crippen molar-refractivity contribution in [3.05, 3.63) is 39.9 Å². The normalized spacial score (nSPS) is 16.3. The third kappa shape index (κ3) is 4.07. The summed E-state index contributed by atoms with van der Waals surface area (Å²) in [5.41, 5.74) is 0.315. The van der Waals surface area contributed by atoms with Crippen molar-refractivity contribution in [2.75, 3.05) is 18.8 Å². The Morgan fingerprint density at radius 3 is 2.48 bits per heavy atom. The van der Waals surface area contributed by atoms with Crippen molar-refractivity contribution >= 4 is 21.4 Å². The maximum absolute atomic E-state index is 12.3. The molecule has 8 heteroatoms. The maximum atomic E-state index is 12.3. The summed E-state index contributed by atoms with van der Waals surface area (Å²) in [5, 5.41) is 10.6. The van der Waals surface area contributed by atoms with Crippen LogP contribution >= 0.6 is 0 Å². The third-order valence-electron chi connectivity index (χ3n) is 4.23. The third-order valence-corrected chi connectivity index (χ3v) is 6.53. The van der Waals surface area contributed by atoms with Crippen molar-refractivity contribution in [1.29, 1.82) is 0 Å². The van der Waals surface area contributed by atoms with Crippen LogP contribution in [0, 0.1) is 10.1 Å². The van der Waals surface area contributed by atoms with Crippen LogP contribution in [0.4, 0.5) is 5.69 Å². The highest BCUT2D eigenvalue weighted by molar-refractivity contribution is 7.92. The van der Waals surface area contributed by atoms with Gasteiger partial charge in [0, 0.05) is 30.5 Å². The molecule has 7 nitrogen and oxygen atoms in total. The number of benzene rings is 1. The van der Waals surface area contributed by atoms with E-state index in [0.717, 1.165) is 0 Å². The van der Waals surface area contributed by atoms with Crippen molar-refractivity contribution < 1.29 is 18.1 Å². The minimum Gasteiger partial charge on any atom is -0.342 e. The van der Waals surface area contributed by atoms with E-state index in [1.165, 1.54) is 6.07 Å². The highest BCUT2D eigenvalue weighted by atomic mass is 32.2. The number of piperidine rings is 1. The van der Waals surface area contributed by atoms with Crippen LogP contribution in [-0.4, -0.2) is 48.2 Å². The largest absolute Gasteiger partial charge is 0.342 e. The molecule has 1 fully saturated rings. The highest BCUT2D eigenvalue weighted by Crippen LogP contribution is 2.22. The standard InChI is InChI=1S/C15H20N2O5S/c1-2-23(21,22)13-7-9-16(10-8-13)15(18)11-12-5-3-4-6-14(12)17(19)20/h3-6,13H,2,7-11H2,1H3. The molecule has 23 heavy (non-hydrogen) atoms. The zero-order valence-electron chi connectivity index (χ0n) is 13.0. The second-order valence-corrected chi connectivity index (χ2v) is 8.16. The Labute approximate surface area is 135 Å². The monoisotopic (exact) mass is 340 g/mol. The summed E-state index contributed by atoms with van der Waals surface area (Å²) < 4.78 is 23.7. The lowest BCUT2D eigenvalue weighted by Crippen LogP contribution is -2.43. The summed E-state index contributed by atoms with van der Waals surface area (Å²) in [4.78, 5) is 24.4. The van der Waals surface area contributed by atoms with Gasteiger partial charge in [0.2, 0.25) is 5.91 Å². The number of hydrogen-bond donors (Lipinski definition) is 0. The van der Waals surface area contributed by atoms with Crippen LogP contribution < -0.4 is 0 Å². The first kappa shape index (κ1) is 17.4. The molecule has 0 radical (unpaired) electrons. The Bertz CT molecular complexity index is 694. The average Bonchev–Trinajstić information content (AvgIpc) is 2.55. The van der Waals surface area contributed by atoms with Gasteiger partial charge in [0.1, 0.15) is 0 Å². The van der Waals surface area contributed by atoms with E-state index in [1.54, 1.807) is 30.0 Å². The Morgan fingerprint density at radius 2 is 1.91 bits per heavy atom. The van der Waals surface area contributed by atoms with Gasteiger partial charge in [-0.25, -0.2) is 8.42 Å². The van der Waals surface area contributed by atoms with Crippen LogP contribution in [0.3, 0.4) is 0 Å². The molecule has 0 aromatic heterocycles. The summed E-state index contributed by atoms with van der Waals surface area (Å²) in [7, 11) is -3.07. The number of sulfone groups is 1. The molecule has 0 saturated carbocycles. The van der Waals surface area contributed by atoms with E-state index in [4.69, 9.17) is 0 Å². The molecule has 0 unspecified atom stereocenters. The summed E-state index contributed by atoms with van der Waals surface area (Å²) >= 11 is 0. The number of carbonyl (C=O) groups is 1. The molecule has 1 aromatic rings. The van der Waals surface area contributed by atoms with Crippen LogP contribution in [0.25, 0.3) is 0 Å². The van der Waals surface area contributed by atoms with E-state index in [9.17, 15) is 23.3 Å². The van der Waals surface area contributed by atoms with Crippen molar-refractivity contribution in [1.82, 2.24) is 4.90 Å². The predicted molar refractivity (Wildman–Crippen MR) is 85.9 cm³/mol. The summed E-state index contributed by atoms with van der Waals surface area (Å²) in [6.45, 7) is 2.38. The molecule has 1 aromatic carbocycles. The average molecular weight is 340 g/mol. The van der Waals surface area contributed by atoms with E-state index in [-0.39, 0.29) is 29.0 Å². The van der Waals surface area contributed by atoms with Crippen molar-refractivity contribution in [2.24, 2.45) is 0 Å². The number of nitro groups is 1. The maximum Gasteiger partial charge on any atom is 0.273 e. The van der Waals surface area contributed by atoms with Gasteiger partial charge in [0.15, 0.2) is 9.84 Å². The summed E-state index contributed by atoms with van der Waals surface area (Å²) in [6, 6.07) is 6.18. The Kier molecular flexibility index (Phi) is 5.35. The molecule has 0 bridgehead atoms. The van der Waals surface area contributed by atoms with Crippen molar-refractivity contribution in [3.63, 3.8) is 0 Å². The lowest BCUT2D eigenvalue weighted by atomic mass is 10.1. The van der Waals surface area contributed by atoms with Crippen molar-refractivity contribution in [3.8, 4) is 0 Å². The van der Waals surface area contributed by atoms with Gasteiger partial charge >= 0.3 is 0 Å². The fourth-order valence-electron chi connectivity index (χ4n) is 2.81. The predicted octanol–water partition coefficient (Wildman–Crippen LogP) is 1.56.